The number of benzene rings is 2. The molecular formula is C20H17N3O4S2. The molecule has 0 aliphatic carbocycles. The van der Waals surface area contributed by atoms with Gasteiger partial charge < -0.3 is 10.6 Å². The van der Waals surface area contributed by atoms with Crippen molar-refractivity contribution < 1.29 is 19.2 Å². The Balaban J connectivity index is 1.33. The maximum atomic E-state index is 12.4. The number of nitrogens with one attached hydrogen (secondary N) is 2. The van der Waals surface area contributed by atoms with Gasteiger partial charge in [-0.2, -0.15) is 0 Å². The first-order valence-corrected chi connectivity index (χ1v) is 10.8. The van der Waals surface area contributed by atoms with Gasteiger partial charge in [-0.15, -0.1) is 11.8 Å². The second-order valence-corrected chi connectivity index (χ2v) is 8.75. The summed E-state index contributed by atoms with van der Waals surface area (Å²) in [6.45, 7) is 0.219. The third-order valence-corrected chi connectivity index (χ3v) is 6.63. The number of thioether (sulfide) groups is 2. The van der Waals surface area contributed by atoms with Crippen LogP contribution in [0.1, 0.15) is 12.0 Å². The molecular weight excluding hydrogens is 410 g/mol. The normalized spacial score (nSPS) is 18.4. The van der Waals surface area contributed by atoms with Gasteiger partial charge in [0.2, 0.25) is 17.7 Å². The fourth-order valence-corrected chi connectivity index (χ4v) is 4.85. The lowest BCUT2D eigenvalue weighted by Crippen LogP contribution is -2.32. The maximum absolute atomic E-state index is 12.4. The second kappa shape index (κ2) is 8.30. The van der Waals surface area contributed by atoms with E-state index >= 15 is 0 Å². The van der Waals surface area contributed by atoms with E-state index in [4.69, 9.17) is 0 Å². The summed E-state index contributed by atoms with van der Waals surface area (Å²) >= 11 is 2.38. The summed E-state index contributed by atoms with van der Waals surface area (Å²) in [5.41, 5.74) is 2.16. The number of anilines is 2. The molecule has 0 bridgehead atoms. The molecule has 2 aliphatic rings. The van der Waals surface area contributed by atoms with E-state index in [0.29, 0.717) is 5.69 Å². The van der Waals surface area contributed by atoms with E-state index in [1.165, 1.54) is 16.7 Å². The summed E-state index contributed by atoms with van der Waals surface area (Å²) in [4.78, 5) is 50.1. The zero-order chi connectivity index (χ0) is 20.4. The maximum Gasteiger partial charge on any atom is 0.289 e. The average molecular weight is 428 g/mol. The number of rotatable bonds is 5. The van der Waals surface area contributed by atoms with Crippen molar-refractivity contribution in [1.82, 2.24) is 4.90 Å². The van der Waals surface area contributed by atoms with E-state index in [1.807, 2.05) is 24.3 Å². The Morgan fingerprint density at radius 1 is 1.10 bits per heavy atom. The monoisotopic (exact) mass is 427 g/mol. The van der Waals surface area contributed by atoms with Gasteiger partial charge in [0.25, 0.3) is 5.24 Å². The molecule has 1 fully saturated rings. The third kappa shape index (κ3) is 4.46. The summed E-state index contributed by atoms with van der Waals surface area (Å²) in [5, 5.41) is 4.88. The van der Waals surface area contributed by atoms with Gasteiger partial charge in [-0.05, 0) is 29.8 Å². The highest BCUT2D eigenvalue weighted by atomic mass is 32.2. The summed E-state index contributed by atoms with van der Waals surface area (Å²) in [7, 11) is 0. The van der Waals surface area contributed by atoms with Crippen molar-refractivity contribution in [2.24, 2.45) is 0 Å². The molecule has 0 radical (unpaired) electrons. The fraction of sp³-hybridized carbons (Fsp3) is 0.200. The molecule has 1 saturated heterocycles. The van der Waals surface area contributed by atoms with Crippen molar-refractivity contribution in [2.75, 3.05) is 16.4 Å². The van der Waals surface area contributed by atoms with E-state index in [1.54, 1.807) is 24.3 Å². The minimum absolute atomic E-state index is 0.0561. The van der Waals surface area contributed by atoms with Crippen LogP contribution in [0.4, 0.5) is 16.2 Å². The number of hydrogen-bond donors (Lipinski definition) is 2. The lowest BCUT2D eigenvalue weighted by Gasteiger charge is -2.23. The van der Waals surface area contributed by atoms with Gasteiger partial charge in [0.15, 0.2) is 0 Å². The predicted molar refractivity (Wildman–Crippen MR) is 113 cm³/mol. The molecule has 2 N–H and O–H groups in total. The summed E-state index contributed by atoms with van der Waals surface area (Å²) < 4.78 is 0. The van der Waals surface area contributed by atoms with Crippen LogP contribution in [0.3, 0.4) is 0 Å². The van der Waals surface area contributed by atoms with Crippen molar-refractivity contribution in [3.8, 4) is 0 Å². The lowest BCUT2D eigenvalue weighted by atomic mass is 10.2. The minimum Gasteiger partial charge on any atom is -0.326 e. The van der Waals surface area contributed by atoms with E-state index in [0.717, 1.165) is 27.9 Å². The summed E-state index contributed by atoms with van der Waals surface area (Å²) in [6, 6.07) is 14.4. The van der Waals surface area contributed by atoms with Crippen LogP contribution in [-0.2, 0) is 20.9 Å². The average Bonchev–Trinajstić information content (AvgIpc) is 3.02. The number of fused-ring (bicyclic) bond motifs is 1. The van der Waals surface area contributed by atoms with Crippen molar-refractivity contribution >= 4 is 57.9 Å². The molecule has 1 atom stereocenters. The topological polar surface area (TPSA) is 95.6 Å². The predicted octanol–water partition coefficient (Wildman–Crippen LogP) is 3.32. The minimum atomic E-state index is -0.492. The summed E-state index contributed by atoms with van der Waals surface area (Å²) in [5.74, 6) is -0.449. The van der Waals surface area contributed by atoms with Gasteiger partial charge in [-0.1, -0.05) is 36.0 Å². The number of para-hydroxylation sites is 1. The third-order valence-electron chi connectivity index (χ3n) is 4.50. The molecule has 0 saturated carbocycles. The van der Waals surface area contributed by atoms with Crippen LogP contribution in [0.15, 0.2) is 53.4 Å². The van der Waals surface area contributed by atoms with E-state index in [-0.39, 0.29) is 41.7 Å². The van der Waals surface area contributed by atoms with Gasteiger partial charge in [-0.3, -0.25) is 24.1 Å². The number of hydrogen-bond acceptors (Lipinski definition) is 6. The molecule has 2 heterocycles. The number of amides is 4. The van der Waals surface area contributed by atoms with Crippen LogP contribution in [0.2, 0.25) is 0 Å². The standard InChI is InChI=1S/C20H17N3O4S2/c24-17(9-16-19(26)22-14-3-1-2-4-15(14)29-16)21-13-7-5-12(6-8-13)10-23-18(25)11-28-20(23)27/h1-8,16H,9-11H2,(H,21,24)(H,22,26). The van der Waals surface area contributed by atoms with Gasteiger partial charge >= 0.3 is 0 Å². The Morgan fingerprint density at radius 3 is 2.59 bits per heavy atom. The number of imide groups is 1. The molecule has 148 valence electrons. The Morgan fingerprint density at radius 2 is 1.86 bits per heavy atom. The smallest absolute Gasteiger partial charge is 0.289 e. The van der Waals surface area contributed by atoms with Crippen molar-refractivity contribution in [1.29, 1.82) is 0 Å². The summed E-state index contributed by atoms with van der Waals surface area (Å²) in [6.07, 6.45) is 0.0561. The number of nitrogens with zero attached hydrogens (tertiary/aromatic N) is 1. The van der Waals surface area contributed by atoms with Crippen molar-refractivity contribution in [3.05, 3.63) is 54.1 Å². The molecule has 4 rings (SSSR count). The molecule has 2 aliphatic heterocycles. The highest BCUT2D eigenvalue weighted by molar-refractivity contribution is 8.14. The molecule has 4 amide bonds. The second-order valence-electron chi connectivity index (χ2n) is 6.58. The van der Waals surface area contributed by atoms with Crippen molar-refractivity contribution in [3.63, 3.8) is 0 Å². The zero-order valence-corrected chi connectivity index (χ0v) is 16.8. The highest BCUT2D eigenvalue weighted by Crippen LogP contribution is 2.36. The first-order valence-electron chi connectivity index (χ1n) is 8.92. The van der Waals surface area contributed by atoms with Crippen LogP contribution in [0, 0.1) is 0 Å². The fourth-order valence-electron chi connectivity index (χ4n) is 3.02. The van der Waals surface area contributed by atoms with Crippen LogP contribution in [0.5, 0.6) is 0 Å². The Hall–Kier alpha value is -2.78. The highest BCUT2D eigenvalue weighted by Gasteiger charge is 2.30. The zero-order valence-electron chi connectivity index (χ0n) is 15.2. The molecule has 1 unspecified atom stereocenters. The van der Waals surface area contributed by atoms with Gasteiger partial charge in [-0.25, -0.2) is 0 Å². The van der Waals surface area contributed by atoms with E-state index < -0.39 is 5.25 Å². The lowest BCUT2D eigenvalue weighted by molar-refractivity contribution is -0.125. The number of carbonyl (C=O) groups is 4. The van der Waals surface area contributed by atoms with E-state index in [2.05, 4.69) is 10.6 Å². The van der Waals surface area contributed by atoms with Crippen LogP contribution in [0.25, 0.3) is 0 Å². The largest absolute Gasteiger partial charge is 0.326 e. The molecule has 0 spiro atoms. The van der Waals surface area contributed by atoms with Gasteiger partial charge in [0.05, 0.1) is 23.2 Å². The van der Waals surface area contributed by atoms with Gasteiger partial charge in [0, 0.05) is 17.0 Å². The van der Waals surface area contributed by atoms with Crippen LogP contribution >= 0.6 is 23.5 Å². The molecule has 29 heavy (non-hydrogen) atoms. The Bertz CT molecular complexity index is 977. The Labute approximate surface area is 175 Å². The first-order chi connectivity index (χ1) is 14.0. The first kappa shape index (κ1) is 19.5. The molecule has 0 aromatic heterocycles. The van der Waals surface area contributed by atoms with Gasteiger partial charge in [0.1, 0.15) is 0 Å². The Kier molecular flexibility index (Phi) is 5.59. The van der Waals surface area contributed by atoms with Crippen molar-refractivity contribution in [2.45, 2.75) is 23.1 Å². The molecule has 2 aromatic carbocycles. The van der Waals surface area contributed by atoms with E-state index in [9.17, 15) is 19.2 Å². The molecule has 2 aromatic rings. The molecule has 9 heteroatoms. The quantitative estimate of drug-likeness (QED) is 0.760. The number of carbonyl (C=O) groups excluding carboxylic acids is 4. The van der Waals surface area contributed by atoms with Crippen LogP contribution in [-0.4, -0.2) is 38.9 Å². The van der Waals surface area contributed by atoms with Crippen LogP contribution < -0.4 is 10.6 Å². The SMILES string of the molecule is O=C(CC1Sc2ccccc2NC1=O)Nc1ccc(CN2C(=O)CSC2=O)cc1. The molecule has 7 nitrogen and oxygen atoms in total.